The molecule has 4 heteroatoms. The number of hydrogen-bond acceptors (Lipinski definition) is 1. The SMILES string of the molecule is O=Cc1[nH]c2ccc(Cl)cc2c1Br. The largest absolute Gasteiger partial charge is 0.351 e. The summed E-state index contributed by atoms with van der Waals surface area (Å²) in [5, 5.41) is 1.58. The summed E-state index contributed by atoms with van der Waals surface area (Å²) >= 11 is 9.15. The van der Waals surface area contributed by atoms with E-state index in [0.717, 1.165) is 21.7 Å². The van der Waals surface area contributed by atoms with Crippen molar-refractivity contribution in [2.75, 3.05) is 0 Å². The Balaban J connectivity index is 2.84. The van der Waals surface area contributed by atoms with Gasteiger partial charge in [0, 0.05) is 15.9 Å². The molecule has 0 atom stereocenters. The molecule has 0 radical (unpaired) electrons. The van der Waals surface area contributed by atoms with E-state index in [2.05, 4.69) is 20.9 Å². The normalized spacial score (nSPS) is 10.6. The van der Waals surface area contributed by atoms with Crippen LogP contribution < -0.4 is 0 Å². The van der Waals surface area contributed by atoms with Crippen LogP contribution in [0.4, 0.5) is 0 Å². The van der Waals surface area contributed by atoms with Crippen LogP contribution in [-0.4, -0.2) is 11.3 Å². The molecule has 1 heterocycles. The molecule has 2 nitrogen and oxygen atoms in total. The minimum Gasteiger partial charge on any atom is -0.351 e. The molecule has 1 aromatic heterocycles. The van der Waals surface area contributed by atoms with Crippen LogP contribution in [0, 0.1) is 0 Å². The molecule has 0 unspecified atom stereocenters. The summed E-state index contributed by atoms with van der Waals surface area (Å²) in [7, 11) is 0. The fourth-order valence-corrected chi connectivity index (χ4v) is 1.93. The van der Waals surface area contributed by atoms with Crippen LogP contribution in [0.15, 0.2) is 22.7 Å². The average Bonchev–Trinajstić information content (AvgIpc) is 2.44. The standard InChI is InChI=1S/C9H5BrClNO/c10-9-6-3-5(11)1-2-7(6)12-8(9)4-13/h1-4,12H. The van der Waals surface area contributed by atoms with Gasteiger partial charge in [0.25, 0.3) is 0 Å². The molecule has 2 rings (SSSR count). The zero-order valence-electron chi connectivity index (χ0n) is 6.47. The summed E-state index contributed by atoms with van der Waals surface area (Å²) in [5.74, 6) is 0. The second-order valence-electron chi connectivity index (χ2n) is 2.66. The summed E-state index contributed by atoms with van der Waals surface area (Å²) in [6, 6.07) is 5.43. The van der Waals surface area contributed by atoms with Gasteiger partial charge in [-0.25, -0.2) is 0 Å². The lowest BCUT2D eigenvalue weighted by molar-refractivity contribution is 0.111. The zero-order chi connectivity index (χ0) is 9.42. The Morgan fingerprint density at radius 1 is 1.46 bits per heavy atom. The summed E-state index contributed by atoms with van der Waals surface area (Å²) in [4.78, 5) is 13.6. The predicted molar refractivity (Wildman–Crippen MR) is 56.4 cm³/mol. The van der Waals surface area contributed by atoms with Crippen molar-refractivity contribution in [2.45, 2.75) is 0 Å². The Morgan fingerprint density at radius 2 is 2.23 bits per heavy atom. The first kappa shape index (κ1) is 8.78. The van der Waals surface area contributed by atoms with Gasteiger partial charge in [0.2, 0.25) is 0 Å². The number of nitrogens with one attached hydrogen (secondary N) is 1. The molecule has 0 aliphatic heterocycles. The Hall–Kier alpha value is -0.800. The van der Waals surface area contributed by atoms with Crippen LogP contribution >= 0.6 is 27.5 Å². The third-order valence-corrected chi connectivity index (χ3v) is 2.93. The van der Waals surface area contributed by atoms with Crippen molar-refractivity contribution < 1.29 is 4.79 Å². The lowest BCUT2D eigenvalue weighted by Gasteiger charge is -1.90. The Kier molecular flexibility index (Phi) is 2.14. The van der Waals surface area contributed by atoms with Gasteiger partial charge < -0.3 is 4.98 Å². The van der Waals surface area contributed by atoms with E-state index >= 15 is 0 Å². The highest BCUT2D eigenvalue weighted by molar-refractivity contribution is 9.10. The van der Waals surface area contributed by atoms with Crippen molar-refractivity contribution in [2.24, 2.45) is 0 Å². The second-order valence-corrected chi connectivity index (χ2v) is 3.89. The van der Waals surface area contributed by atoms with Gasteiger partial charge in [-0.1, -0.05) is 11.6 Å². The van der Waals surface area contributed by atoms with Gasteiger partial charge in [-0.15, -0.1) is 0 Å². The number of hydrogen-bond donors (Lipinski definition) is 1. The molecule has 2 aromatic rings. The number of H-pyrrole nitrogens is 1. The number of aldehydes is 1. The molecule has 0 saturated carbocycles. The number of aromatic amines is 1. The quantitative estimate of drug-likeness (QED) is 0.781. The molecule has 1 N–H and O–H groups in total. The van der Waals surface area contributed by atoms with E-state index < -0.39 is 0 Å². The first-order valence-electron chi connectivity index (χ1n) is 3.64. The van der Waals surface area contributed by atoms with Crippen LogP contribution in [0.2, 0.25) is 5.02 Å². The van der Waals surface area contributed by atoms with Crippen LogP contribution in [0.25, 0.3) is 10.9 Å². The van der Waals surface area contributed by atoms with E-state index in [1.165, 1.54) is 0 Å². The minimum absolute atomic E-state index is 0.539. The summed E-state index contributed by atoms with van der Waals surface area (Å²) < 4.78 is 0.764. The van der Waals surface area contributed by atoms with E-state index in [1.807, 2.05) is 12.1 Å². The maximum absolute atomic E-state index is 10.6. The predicted octanol–water partition coefficient (Wildman–Crippen LogP) is 3.40. The maximum Gasteiger partial charge on any atom is 0.167 e. The van der Waals surface area contributed by atoms with Crippen LogP contribution in [0.5, 0.6) is 0 Å². The Labute approximate surface area is 88.0 Å². The van der Waals surface area contributed by atoms with Gasteiger partial charge in [-0.3, -0.25) is 4.79 Å². The van der Waals surface area contributed by atoms with Gasteiger partial charge in [0.05, 0.1) is 10.2 Å². The lowest BCUT2D eigenvalue weighted by Crippen LogP contribution is -1.76. The first-order valence-corrected chi connectivity index (χ1v) is 4.81. The third-order valence-electron chi connectivity index (χ3n) is 1.84. The van der Waals surface area contributed by atoms with E-state index in [1.54, 1.807) is 6.07 Å². The van der Waals surface area contributed by atoms with Gasteiger partial charge in [-0.2, -0.15) is 0 Å². The van der Waals surface area contributed by atoms with E-state index in [-0.39, 0.29) is 0 Å². The molecule has 0 bridgehead atoms. The number of aromatic nitrogens is 1. The lowest BCUT2D eigenvalue weighted by atomic mass is 10.2. The molecule has 66 valence electrons. The first-order chi connectivity index (χ1) is 6.22. The van der Waals surface area contributed by atoms with Crippen LogP contribution in [-0.2, 0) is 0 Å². The number of carbonyl (C=O) groups excluding carboxylic acids is 1. The van der Waals surface area contributed by atoms with Crippen LogP contribution in [0.1, 0.15) is 10.5 Å². The maximum atomic E-state index is 10.6. The Morgan fingerprint density at radius 3 is 2.92 bits per heavy atom. The minimum atomic E-state index is 0.539. The highest BCUT2D eigenvalue weighted by Crippen LogP contribution is 2.28. The zero-order valence-corrected chi connectivity index (χ0v) is 8.82. The van der Waals surface area contributed by atoms with E-state index in [0.29, 0.717) is 10.7 Å². The number of halogens is 2. The van der Waals surface area contributed by atoms with E-state index in [9.17, 15) is 4.79 Å². The summed E-state index contributed by atoms with van der Waals surface area (Å²) in [6.07, 6.45) is 0.776. The van der Waals surface area contributed by atoms with Crippen molar-refractivity contribution in [1.82, 2.24) is 4.98 Å². The number of carbonyl (C=O) groups is 1. The molecular weight excluding hydrogens is 253 g/mol. The monoisotopic (exact) mass is 257 g/mol. The summed E-state index contributed by atoms with van der Waals surface area (Å²) in [6.45, 7) is 0. The molecule has 0 saturated heterocycles. The van der Waals surface area contributed by atoms with Crippen molar-refractivity contribution in [3.05, 3.63) is 33.4 Å². The van der Waals surface area contributed by atoms with Crippen molar-refractivity contribution in [3.8, 4) is 0 Å². The molecule has 0 aliphatic rings. The number of fused-ring (bicyclic) bond motifs is 1. The number of benzene rings is 1. The van der Waals surface area contributed by atoms with Gasteiger partial charge >= 0.3 is 0 Å². The molecule has 0 fully saturated rings. The molecule has 0 spiro atoms. The summed E-state index contributed by atoms with van der Waals surface area (Å²) in [5.41, 5.74) is 1.44. The fraction of sp³-hybridized carbons (Fsp3) is 0. The smallest absolute Gasteiger partial charge is 0.167 e. The van der Waals surface area contributed by atoms with Gasteiger partial charge in [0.1, 0.15) is 0 Å². The molecule has 1 aromatic carbocycles. The fourth-order valence-electron chi connectivity index (χ4n) is 1.23. The van der Waals surface area contributed by atoms with Gasteiger partial charge in [0.15, 0.2) is 6.29 Å². The molecule has 0 amide bonds. The molecule has 13 heavy (non-hydrogen) atoms. The molecular formula is C9H5BrClNO. The van der Waals surface area contributed by atoms with Crippen molar-refractivity contribution in [1.29, 1.82) is 0 Å². The Bertz CT molecular complexity index is 478. The topological polar surface area (TPSA) is 32.9 Å². The van der Waals surface area contributed by atoms with Crippen molar-refractivity contribution >= 4 is 44.7 Å². The third kappa shape index (κ3) is 1.38. The van der Waals surface area contributed by atoms with Crippen molar-refractivity contribution in [3.63, 3.8) is 0 Å². The van der Waals surface area contributed by atoms with Gasteiger partial charge in [-0.05, 0) is 34.1 Å². The van der Waals surface area contributed by atoms with Crippen LogP contribution in [0.3, 0.4) is 0 Å². The van der Waals surface area contributed by atoms with E-state index in [4.69, 9.17) is 11.6 Å². The molecule has 0 aliphatic carbocycles. The highest BCUT2D eigenvalue weighted by Gasteiger charge is 2.07. The highest BCUT2D eigenvalue weighted by atomic mass is 79.9. The number of rotatable bonds is 1. The second kappa shape index (κ2) is 3.16. The average molecular weight is 259 g/mol.